The monoisotopic (exact) mass is 504 g/mol. The van der Waals surface area contributed by atoms with Crippen molar-refractivity contribution in [2.45, 2.75) is 32.4 Å². The molecule has 0 aliphatic carbocycles. The molecule has 0 saturated heterocycles. The summed E-state index contributed by atoms with van der Waals surface area (Å²) in [6.45, 7) is 3.83. The van der Waals surface area contributed by atoms with Crippen LogP contribution >= 0.6 is 0 Å². The third-order valence-corrected chi connectivity index (χ3v) is 7.40. The van der Waals surface area contributed by atoms with Gasteiger partial charge in [0, 0.05) is 48.7 Å². The van der Waals surface area contributed by atoms with E-state index in [0.717, 1.165) is 6.26 Å². The molecule has 1 aromatic carbocycles. The number of sulfonamides is 1. The lowest BCUT2D eigenvalue weighted by atomic mass is 10.0. The summed E-state index contributed by atoms with van der Waals surface area (Å²) in [4.78, 5) is 31.3. The molecule has 0 saturated carbocycles. The number of nitrogens with one attached hydrogen (secondary N) is 1. The first-order valence-electron chi connectivity index (χ1n) is 11.3. The standard InChI is InChI=1S/C24H32N4O6S/c1-16-13-28(17(2)15-29)23(30)12-19-11-20(26-24(31)18-7-9-25-10-8-18)5-6-21(19)34-22(16)14-27(3)35(4,32)33/h5-11,16-17,22,29H,12-15H2,1-4H3,(H,26,31)/t16-,17-,22-/m0/s1. The second kappa shape index (κ2) is 11.1. The SMILES string of the molecule is C[C@H]1CN([C@@H](C)CO)C(=O)Cc2cc(NC(=O)c3ccncc3)ccc2O[C@H]1CN(C)S(C)(=O)=O. The number of carbonyl (C=O) groups is 2. The summed E-state index contributed by atoms with van der Waals surface area (Å²) < 4.78 is 31.6. The van der Waals surface area contributed by atoms with Crippen LogP contribution in [0.5, 0.6) is 5.75 Å². The smallest absolute Gasteiger partial charge is 0.255 e. The topological polar surface area (TPSA) is 129 Å². The number of hydrogen-bond donors (Lipinski definition) is 2. The van der Waals surface area contributed by atoms with Crippen molar-refractivity contribution in [3.63, 3.8) is 0 Å². The van der Waals surface area contributed by atoms with E-state index in [1.54, 1.807) is 42.2 Å². The molecule has 0 unspecified atom stereocenters. The van der Waals surface area contributed by atoms with E-state index in [4.69, 9.17) is 4.74 Å². The molecular formula is C24H32N4O6S. The number of aliphatic hydroxyl groups excluding tert-OH is 1. The molecule has 1 aromatic heterocycles. The van der Waals surface area contributed by atoms with Crippen molar-refractivity contribution in [2.24, 2.45) is 5.92 Å². The number of anilines is 1. The van der Waals surface area contributed by atoms with Gasteiger partial charge in [-0.15, -0.1) is 0 Å². The van der Waals surface area contributed by atoms with Crippen LogP contribution in [0.15, 0.2) is 42.7 Å². The van der Waals surface area contributed by atoms with E-state index in [2.05, 4.69) is 10.3 Å². The Bertz CT molecular complexity index is 1160. The minimum atomic E-state index is -3.44. The van der Waals surface area contributed by atoms with Crippen LogP contribution in [0.3, 0.4) is 0 Å². The van der Waals surface area contributed by atoms with E-state index in [1.807, 2.05) is 6.92 Å². The Hall–Kier alpha value is -3.02. The average molecular weight is 505 g/mol. The van der Waals surface area contributed by atoms with Crippen molar-refractivity contribution in [3.05, 3.63) is 53.9 Å². The van der Waals surface area contributed by atoms with E-state index in [1.165, 1.54) is 23.7 Å². The van der Waals surface area contributed by atoms with Gasteiger partial charge in [-0.1, -0.05) is 6.92 Å². The fourth-order valence-corrected chi connectivity index (χ4v) is 4.24. The number of fused-ring (bicyclic) bond motifs is 1. The van der Waals surface area contributed by atoms with Crippen molar-refractivity contribution >= 4 is 27.5 Å². The van der Waals surface area contributed by atoms with Gasteiger partial charge < -0.3 is 20.1 Å². The van der Waals surface area contributed by atoms with Crippen LogP contribution in [0.2, 0.25) is 0 Å². The quantitative estimate of drug-likeness (QED) is 0.583. The molecule has 1 aliphatic heterocycles. The van der Waals surface area contributed by atoms with E-state index < -0.39 is 22.2 Å². The first kappa shape index (κ1) is 26.6. The summed E-state index contributed by atoms with van der Waals surface area (Å²) in [7, 11) is -1.96. The summed E-state index contributed by atoms with van der Waals surface area (Å²) in [5.74, 6) is -0.302. The number of rotatable bonds is 7. The van der Waals surface area contributed by atoms with Crippen LogP contribution in [0, 0.1) is 5.92 Å². The van der Waals surface area contributed by atoms with E-state index in [-0.39, 0.29) is 37.3 Å². The van der Waals surface area contributed by atoms with E-state index in [9.17, 15) is 23.1 Å². The Morgan fingerprint density at radius 2 is 2.00 bits per heavy atom. The number of ether oxygens (including phenoxy) is 1. The number of aromatic nitrogens is 1. The summed E-state index contributed by atoms with van der Waals surface area (Å²) in [6.07, 6.45) is 3.63. The molecule has 2 amide bonds. The minimum absolute atomic E-state index is 0.00000350. The lowest BCUT2D eigenvalue weighted by molar-refractivity contribution is -0.134. The van der Waals surface area contributed by atoms with E-state index in [0.29, 0.717) is 29.1 Å². The first-order valence-corrected chi connectivity index (χ1v) is 13.2. The van der Waals surface area contributed by atoms with Gasteiger partial charge >= 0.3 is 0 Å². The third kappa shape index (κ3) is 6.77. The maximum absolute atomic E-state index is 13.2. The summed E-state index contributed by atoms with van der Waals surface area (Å²) in [6, 6.07) is 7.80. The van der Waals surface area contributed by atoms with Gasteiger partial charge in [0.15, 0.2) is 0 Å². The number of carbonyl (C=O) groups excluding carboxylic acids is 2. The molecule has 35 heavy (non-hydrogen) atoms. The highest BCUT2D eigenvalue weighted by molar-refractivity contribution is 7.88. The van der Waals surface area contributed by atoms with Crippen molar-refractivity contribution in [3.8, 4) is 5.75 Å². The fourth-order valence-electron chi connectivity index (χ4n) is 3.82. The molecule has 3 atom stereocenters. The van der Waals surface area contributed by atoms with Crippen molar-refractivity contribution in [1.82, 2.24) is 14.2 Å². The Labute approximate surface area is 206 Å². The Morgan fingerprint density at radius 1 is 1.31 bits per heavy atom. The van der Waals surface area contributed by atoms with Crippen molar-refractivity contribution in [2.75, 3.05) is 38.3 Å². The van der Waals surface area contributed by atoms with Crippen molar-refractivity contribution < 1.29 is 27.9 Å². The summed E-state index contributed by atoms with van der Waals surface area (Å²) in [5, 5.41) is 12.5. The maximum Gasteiger partial charge on any atom is 0.255 e. The maximum atomic E-state index is 13.2. The molecule has 0 spiro atoms. The fraction of sp³-hybridized carbons (Fsp3) is 0.458. The number of pyridine rings is 1. The number of hydrogen-bond acceptors (Lipinski definition) is 7. The van der Waals surface area contributed by atoms with Crippen LogP contribution in [-0.2, 0) is 21.2 Å². The molecule has 2 heterocycles. The average Bonchev–Trinajstić information content (AvgIpc) is 2.86. The van der Waals surface area contributed by atoms with Crippen LogP contribution in [0.25, 0.3) is 0 Å². The molecule has 11 heteroatoms. The summed E-state index contributed by atoms with van der Waals surface area (Å²) in [5.41, 5.74) is 1.48. The molecule has 0 radical (unpaired) electrons. The molecule has 1 aliphatic rings. The normalized spacial score (nSPS) is 19.7. The summed E-state index contributed by atoms with van der Waals surface area (Å²) >= 11 is 0. The number of nitrogens with zero attached hydrogens (tertiary/aromatic N) is 3. The van der Waals surface area contributed by atoms with Gasteiger partial charge in [0.2, 0.25) is 15.9 Å². The molecule has 10 nitrogen and oxygen atoms in total. The van der Waals surface area contributed by atoms with Crippen LogP contribution in [0.1, 0.15) is 29.8 Å². The zero-order valence-corrected chi connectivity index (χ0v) is 21.2. The van der Waals surface area contributed by atoms with Gasteiger partial charge in [0.25, 0.3) is 5.91 Å². The van der Waals surface area contributed by atoms with Gasteiger partial charge in [-0.25, -0.2) is 12.7 Å². The number of likely N-dealkylation sites (N-methyl/N-ethyl adjacent to an activating group) is 1. The highest BCUT2D eigenvalue weighted by Crippen LogP contribution is 2.29. The van der Waals surface area contributed by atoms with Gasteiger partial charge in [-0.2, -0.15) is 0 Å². The van der Waals surface area contributed by atoms with Crippen LogP contribution in [-0.4, -0.2) is 84.7 Å². The molecule has 0 fully saturated rings. The predicted molar refractivity (Wildman–Crippen MR) is 132 cm³/mol. The zero-order valence-electron chi connectivity index (χ0n) is 20.3. The van der Waals surface area contributed by atoms with E-state index >= 15 is 0 Å². The first-order chi connectivity index (χ1) is 16.5. The molecule has 2 aromatic rings. The van der Waals surface area contributed by atoms with Gasteiger partial charge in [-0.3, -0.25) is 14.6 Å². The largest absolute Gasteiger partial charge is 0.488 e. The lowest BCUT2D eigenvalue weighted by Gasteiger charge is -2.33. The van der Waals surface area contributed by atoms with Crippen molar-refractivity contribution in [1.29, 1.82) is 0 Å². The molecule has 2 N–H and O–H groups in total. The Kier molecular flexibility index (Phi) is 8.47. The molecule has 3 rings (SSSR count). The highest BCUT2D eigenvalue weighted by Gasteiger charge is 2.32. The Balaban J connectivity index is 1.96. The van der Waals surface area contributed by atoms with Gasteiger partial charge in [0.1, 0.15) is 11.9 Å². The minimum Gasteiger partial charge on any atom is -0.488 e. The predicted octanol–water partition coefficient (Wildman–Crippen LogP) is 1.37. The molecular weight excluding hydrogens is 472 g/mol. The molecule has 190 valence electrons. The second-order valence-corrected chi connectivity index (χ2v) is 11.0. The number of benzene rings is 1. The Morgan fingerprint density at radius 3 is 2.63 bits per heavy atom. The third-order valence-electron chi connectivity index (χ3n) is 6.12. The van der Waals surface area contributed by atoms with Gasteiger partial charge in [-0.05, 0) is 37.3 Å². The van der Waals surface area contributed by atoms with Gasteiger partial charge in [0.05, 0.1) is 31.9 Å². The van der Waals surface area contributed by atoms with Crippen LogP contribution in [0.4, 0.5) is 5.69 Å². The lowest BCUT2D eigenvalue weighted by Crippen LogP contribution is -2.48. The highest BCUT2D eigenvalue weighted by atomic mass is 32.2. The number of amides is 2. The molecule has 0 bridgehead atoms. The zero-order chi connectivity index (χ0) is 25.8. The van der Waals surface area contributed by atoms with Crippen LogP contribution < -0.4 is 10.1 Å². The number of aliphatic hydroxyl groups is 1. The second-order valence-electron chi connectivity index (χ2n) is 8.94.